The zero-order valence-corrected chi connectivity index (χ0v) is 18.5. The quantitative estimate of drug-likeness (QED) is 0.558. The molecule has 0 fully saturated rings. The second-order valence-electron chi connectivity index (χ2n) is 8.60. The molecule has 2 aromatic rings. The van der Waals surface area contributed by atoms with E-state index < -0.39 is 5.91 Å². The molecule has 156 valence electrons. The van der Waals surface area contributed by atoms with E-state index in [9.17, 15) is 10.1 Å². The fraction of sp³-hybridized carbons (Fsp3) is 0.360. The van der Waals surface area contributed by atoms with Crippen LogP contribution in [0.2, 0.25) is 0 Å². The Morgan fingerprint density at radius 3 is 2.73 bits per heavy atom. The van der Waals surface area contributed by atoms with Crippen LogP contribution < -0.4 is 15.0 Å². The molecule has 0 saturated heterocycles. The second-order valence-corrected chi connectivity index (χ2v) is 8.60. The Labute approximate surface area is 179 Å². The van der Waals surface area contributed by atoms with Crippen molar-refractivity contribution in [2.45, 2.75) is 45.6 Å². The summed E-state index contributed by atoms with van der Waals surface area (Å²) in [4.78, 5) is 15.0. The van der Waals surface area contributed by atoms with E-state index in [2.05, 4.69) is 50.2 Å². The van der Waals surface area contributed by atoms with Gasteiger partial charge in [-0.25, -0.2) is 0 Å². The number of benzene rings is 2. The van der Waals surface area contributed by atoms with E-state index in [1.807, 2.05) is 13.0 Å². The SMILES string of the molecule is COc1cccc(NC(=O)/C(C#N)=C\c2cc3c(cc2C)N(C)C(C)(C)C[C@@H]3C)c1. The van der Waals surface area contributed by atoms with E-state index in [0.717, 1.165) is 17.5 Å². The maximum Gasteiger partial charge on any atom is 0.266 e. The van der Waals surface area contributed by atoms with Crippen LogP contribution in [0.5, 0.6) is 5.75 Å². The van der Waals surface area contributed by atoms with Crippen LogP contribution in [0.4, 0.5) is 11.4 Å². The zero-order valence-electron chi connectivity index (χ0n) is 18.5. The van der Waals surface area contributed by atoms with Crippen molar-refractivity contribution in [3.63, 3.8) is 0 Å². The molecule has 5 nitrogen and oxygen atoms in total. The van der Waals surface area contributed by atoms with Gasteiger partial charge in [-0.1, -0.05) is 13.0 Å². The van der Waals surface area contributed by atoms with Crippen LogP contribution in [-0.4, -0.2) is 25.6 Å². The number of methoxy groups -OCH3 is 1. The Kier molecular flexibility index (Phi) is 5.89. The third-order valence-corrected chi connectivity index (χ3v) is 6.01. The van der Waals surface area contributed by atoms with Crippen LogP contribution in [0, 0.1) is 18.3 Å². The number of nitriles is 1. The van der Waals surface area contributed by atoms with E-state index in [4.69, 9.17) is 4.74 Å². The van der Waals surface area contributed by atoms with Gasteiger partial charge in [0.1, 0.15) is 17.4 Å². The smallest absolute Gasteiger partial charge is 0.266 e. The number of aryl methyl sites for hydroxylation is 1. The van der Waals surface area contributed by atoms with Gasteiger partial charge in [0.25, 0.3) is 5.91 Å². The molecular formula is C25H29N3O2. The van der Waals surface area contributed by atoms with Gasteiger partial charge in [0, 0.05) is 30.0 Å². The first-order valence-electron chi connectivity index (χ1n) is 10.1. The summed E-state index contributed by atoms with van der Waals surface area (Å²) in [5, 5.41) is 12.4. The van der Waals surface area contributed by atoms with E-state index in [0.29, 0.717) is 17.4 Å². The van der Waals surface area contributed by atoms with Crippen molar-refractivity contribution in [3.8, 4) is 11.8 Å². The average molecular weight is 404 g/mol. The van der Waals surface area contributed by atoms with Gasteiger partial charge in [0.05, 0.1) is 7.11 Å². The zero-order chi connectivity index (χ0) is 22.1. The summed E-state index contributed by atoms with van der Waals surface area (Å²) in [6.45, 7) is 8.76. The minimum Gasteiger partial charge on any atom is -0.497 e. The lowest BCUT2D eigenvalue weighted by atomic mass is 9.79. The molecule has 1 amide bonds. The number of carbonyl (C=O) groups excluding carboxylic acids is 1. The summed E-state index contributed by atoms with van der Waals surface area (Å²) in [7, 11) is 3.70. The first-order chi connectivity index (χ1) is 14.2. The molecule has 1 heterocycles. The van der Waals surface area contributed by atoms with Crippen molar-refractivity contribution >= 4 is 23.4 Å². The summed E-state index contributed by atoms with van der Waals surface area (Å²) in [5.74, 6) is 0.603. The number of carbonyl (C=O) groups is 1. The largest absolute Gasteiger partial charge is 0.497 e. The highest BCUT2D eigenvalue weighted by atomic mass is 16.5. The first kappa shape index (κ1) is 21.4. The molecule has 2 aromatic carbocycles. The van der Waals surface area contributed by atoms with Crippen molar-refractivity contribution in [2.24, 2.45) is 0 Å². The topological polar surface area (TPSA) is 65.4 Å². The highest BCUT2D eigenvalue weighted by Crippen LogP contribution is 2.43. The molecule has 1 atom stereocenters. The third-order valence-electron chi connectivity index (χ3n) is 6.01. The van der Waals surface area contributed by atoms with E-state index in [-0.39, 0.29) is 11.1 Å². The monoisotopic (exact) mass is 403 g/mol. The normalized spacial score (nSPS) is 17.7. The van der Waals surface area contributed by atoms with Crippen molar-refractivity contribution in [1.29, 1.82) is 5.26 Å². The van der Waals surface area contributed by atoms with E-state index >= 15 is 0 Å². The predicted octanol–water partition coefficient (Wildman–Crippen LogP) is 5.27. The molecule has 0 radical (unpaired) electrons. The molecule has 1 N–H and O–H groups in total. The van der Waals surface area contributed by atoms with E-state index in [1.54, 1.807) is 37.5 Å². The fourth-order valence-electron chi connectivity index (χ4n) is 4.09. The van der Waals surface area contributed by atoms with Crippen LogP contribution in [0.3, 0.4) is 0 Å². The first-order valence-corrected chi connectivity index (χ1v) is 10.1. The third kappa shape index (κ3) is 4.18. The van der Waals surface area contributed by atoms with Crippen molar-refractivity contribution in [3.05, 3.63) is 58.7 Å². The maximum atomic E-state index is 12.7. The summed E-state index contributed by atoms with van der Waals surface area (Å²) in [6, 6.07) is 13.4. The molecule has 0 bridgehead atoms. The van der Waals surface area contributed by atoms with Crippen LogP contribution in [-0.2, 0) is 4.79 Å². The summed E-state index contributed by atoms with van der Waals surface area (Å²) in [5.41, 5.74) is 5.13. The summed E-state index contributed by atoms with van der Waals surface area (Å²) >= 11 is 0. The molecule has 0 unspecified atom stereocenters. The minimum absolute atomic E-state index is 0.0676. The van der Waals surface area contributed by atoms with Gasteiger partial charge in [-0.3, -0.25) is 4.79 Å². The van der Waals surface area contributed by atoms with Crippen LogP contribution >= 0.6 is 0 Å². The van der Waals surface area contributed by atoms with Gasteiger partial charge >= 0.3 is 0 Å². The van der Waals surface area contributed by atoms with Gasteiger partial charge in [0.15, 0.2) is 0 Å². The molecule has 1 aliphatic rings. The number of ether oxygens (including phenoxy) is 1. The Hall–Kier alpha value is -3.26. The number of hydrogen-bond acceptors (Lipinski definition) is 4. The molecule has 0 aliphatic carbocycles. The number of hydrogen-bond donors (Lipinski definition) is 1. The van der Waals surface area contributed by atoms with Crippen molar-refractivity contribution < 1.29 is 9.53 Å². The molecular weight excluding hydrogens is 374 g/mol. The number of amides is 1. The van der Waals surface area contributed by atoms with Gasteiger partial charge in [-0.05, 0) is 80.1 Å². The molecule has 0 saturated carbocycles. The van der Waals surface area contributed by atoms with Crippen molar-refractivity contribution in [2.75, 3.05) is 24.4 Å². The fourth-order valence-corrected chi connectivity index (χ4v) is 4.09. The van der Waals surface area contributed by atoms with Crippen LogP contribution in [0.15, 0.2) is 42.0 Å². The maximum absolute atomic E-state index is 12.7. The van der Waals surface area contributed by atoms with Crippen molar-refractivity contribution in [1.82, 2.24) is 0 Å². The summed E-state index contributed by atoms with van der Waals surface area (Å²) < 4.78 is 5.19. The van der Waals surface area contributed by atoms with Crippen LogP contribution in [0.1, 0.15) is 49.8 Å². The van der Waals surface area contributed by atoms with E-state index in [1.165, 1.54) is 11.3 Å². The van der Waals surface area contributed by atoms with Gasteiger partial charge in [-0.2, -0.15) is 5.26 Å². The average Bonchev–Trinajstić information content (AvgIpc) is 2.70. The Morgan fingerprint density at radius 1 is 1.33 bits per heavy atom. The molecule has 0 aromatic heterocycles. The molecule has 5 heteroatoms. The number of nitrogens with one attached hydrogen (secondary N) is 1. The Bertz CT molecular complexity index is 1050. The molecule has 0 spiro atoms. The lowest BCUT2D eigenvalue weighted by molar-refractivity contribution is -0.112. The van der Waals surface area contributed by atoms with Gasteiger partial charge in [0.2, 0.25) is 0 Å². The second kappa shape index (κ2) is 8.23. The molecule has 3 rings (SSSR count). The Balaban J connectivity index is 1.93. The number of nitrogens with zero attached hydrogens (tertiary/aromatic N) is 2. The van der Waals surface area contributed by atoms with Crippen LogP contribution in [0.25, 0.3) is 6.08 Å². The van der Waals surface area contributed by atoms with Gasteiger partial charge < -0.3 is 15.0 Å². The predicted molar refractivity (Wildman–Crippen MR) is 122 cm³/mol. The van der Waals surface area contributed by atoms with Gasteiger partial charge in [-0.15, -0.1) is 0 Å². The number of rotatable bonds is 4. The minimum atomic E-state index is -0.436. The Morgan fingerprint density at radius 2 is 2.07 bits per heavy atom. The lowest BCUT2D eigenvalue weighted by Crippen LogP contribution is -2.45. The molecule has 1 aliphatic heterocycles. The number of fused-ring (bicyclic) bond motifs is 1. The highest BCUT2D eigenvalue weighted by Gasteiger charge is 2.34. The molecule has 30 heavy (non-hydrogen) atoms. The summed E-state index contributed by atoms with van der Waals surface area (Å²) in [6.07, 6.45) is 2.72. The number of anilines is 2. The standard InChI is InChI=1S/C25H29N3O2/c1-16-10-23-22(17(2)14-25(3,4)28(23)5)12-18(16)11-19(15-26)24(29)27-20-8-7-9-21(13-20)30-6/h7-13,17H,14H2,1-6H3,(H,27,29)/b19-11-/t17-/m0/s1. The highest BCUT2D eigenvalue weighted by molar-refractivity contribution is 6.09. The lowest BCUT2D eigenvalue weighted by Gasteiger charge is -2.45.